The minimum Gasteiger partial charge on any atom is -0.492 e. The van der Waals surface area contributed by atoms with Crippen LogP contribution in [0.25, 0.3) is 0 Å². The van der Waals surface area contributed by atoms with Gasteiger partial charge >= 0.3 is 0 Å². The number of carbonyl (C=O) groups excluding carboxylic acids is 1. The van der Waals surface area contributed by atoms with Crippen molar-refractivity contribution in [2.75, 3.05) is 18.5 Å². The second kappa shape index (κ2) is 8.02. The Morgan fingerprint density at radius 3 is 2.82 bits per heavy atom. The van der Waals surface area contributed by atoms with Crippen LogP contribution in [0.4, 0.5) is 11.4 Å². The summed E-state index contributed by atoms with van der Waals surface area (Å²) in [7, 11) is 0. The van der Waals surface area contributed by atoms with Crippen molar-refractivity contribution in [2.45, 2.75) is 20.3 Å². The number of rotatable bonds is 7. The summed E-state index contributed by atoms with van der Waals surface area (Å²) in [5.74, 6) is 0.613. The molecule has 0 bridgehead atoms. The normalized spacial score (nSPS) is 10.1. The topological polar surface area (TPSA) is 63.2 Å². The molecular weight excluding hydrogens is 278 g/mol. The zero-order chi connectivity index (χ0) is 15.8. The van der Waals surface area contributed by atoms with Crippen LogP contribution in [0, 0.1) is 0 Å². The second-order valence-corrected chi connectivity index (χ2v) is 4.74. The standard InChI is InChI=1S/C17H21N3O2/c1-3-10-19-17(21)15-12-13(9-11-18-15)20-14-7-5-6-8-16(14)22-4-2/h5-9,11-12H,3-4,10H2,1-2H3,(H,18,20)(H,19,21). The maximum atomic E-state index is 12.0. The largest absolute Gasteiger partial charge is 0.492 e. The maximum absolute atomic E-state index is 12.0. The number of nitrogens with one attached hydrogen (secondary N) is 2. The molecule has 22 heavy (non-hydrogen) atoms. The molecule has 0 radical (unpaired) electrons. The Morgan fingerprint density at radius 2 is 2.05 bits per heavy atom. The molecule has 0 fully saturated rings. The van der Waals surface area contributed by atoms with Crippen molar-refractivity contribution in [1.82, 2.24) is 10.3 Å². The van der Waals surface area contributed by atoms with Crippen molar-refractivity contribution in [3.8, 4) is 5.75 Å². The highest BCUT2D eigenvalue weighted by Gasteiger charge is 2.08. The number of amides is 1. The number of aromatic nitrogens is 1. The van der Waals surface area contributed by atoms with E-state index in [0.717, 1.165) is 23.5 Å². The third-order valence-corrected chi connectivity index (χ3v) is 2.99. The number of para-hydroxylation sites is 2. The van der Waals surface area contributed by atoms with Crippen LogP contribution in [-0.2, 0) is 0 Å². The van der Waals surface area contributed by atoms with Gasteiger partial charge < -0.3 is 15.4 Å². The molecule has 0 aliphatic carbocycles. The Morgan fingerprint density at radius 1 is 1.23 bits per heavy atom. The molecule has 0 aliphatic rings. The number of pyridine rings is 1. The SMILES string of the molecule is CCCNC(=O)c1cc(Nc2ccccc2OCC)ccn1. The van der Waals surface area contributed by atoms with E-state index in [1.807, 2.05) is 44.2 Å². The van der Waals surface area contributed by atoms with Crippen molar-refractivity contribution in [3.63, 3.8) is 0 Å². The number of benzene rings is 1. The van der Waals surface area contributed by atoms with Gasteiger partial charge in [0.2, 0.25) is 0 Å². The number of carbonyl (C=O) groups is 1. The van der Waals surface area contributed by atoms with Crippen molar-refractivity contribution < 1.29 is 9.53 Å². The number of hydrogen-bond donors (Lipinski definition) is 2. The number of hydrogen-bond acceptors (Lipinski definition) is 4. The van der Waals surface area contributed by atoms with Gasteiger partial charge in [0.1, 0.15) is 11.4 Å². The van der Waals surface area contributed by atoms with Crippen molar-refractivity contribution >= 4 is 17.3 Å². The lowest BCUT2D eigenvalue weighted by molar-refractivity contribution is 0.0949. The summed E-state index contributed by atoms with van der Waals surface area (Å²) in [4.78, 5) is 16.1. The third kappa shape index (κ3) is 4.22. The fourth-order valence-electron chi connectivity index (χ4n) is 1.97. The lowest BCUT2D eigenvalue weighted by Crippen LogP contribution is -2.24. The molecule has 0 atom stereocenters. The van der Waals surface area contributed by atoms with Gasteiger partial charge in [0.05, 0.1) is 12.3 Å². The zero-order valence-electron chi connectivity index (χ0n) is 12.9. The molecule has 2 aromatic rings. The third-order valence-electron chi connectivity index (χ3n) is 2.99. The Hall–Kier alpha value is -2.56. The van der Waals surface area contributed by atoms with E-state index in [-0.39, 0.29) is 5.91 Å². The Bertz CT molecular complexity index is 629. The van der Waals surface area contributed by atoms with Gasteiger partial charge in [-0.2, -0.15) is 0 Å². The van der Waals surface area contributed by atoms with E-state index in [4.69, 9.17) is 4.74 Å². The van der Waals surface area contributed by atoms with Gasteiger partial charge in [-0.05, 0) is 37.6 Å². The molecule has 1 aromatic heterocycles. The minimum absolute atomic E-state index is 0.163. The van der Waals surface area contributed by atoms with E-state index in [1.165, 1.54) is 0 Å². The van der Waals surface area contributed by atoms with Crippen LogP contribution in [0.5, 0.6) is 5.75 Å². The van der Waals surface area contributed by atoms with E-state index >= 15 is 0 Å². The van der Waals surface area contributed by atoms with Crippen LogP contribution in [0.3, 0.4) is 0 Å². The van der Waals surface area contributed by atoms with Gasteiger partial charge in [0, 0.05) is 18.4 Å². The van der Waals surface area contributed by atoms with Crippen LogP contribution < -0.4 is 15.4 Å². The first-order valence-corrected chi connectivity index (χ1v) is 7.47. The summed E-state index contributed by atoms with van der Waals surface area (Å²) in [5.41, 5.74) is 2.05. The molecule has 1 heterocycles. The number of ether oxygens (including phenoxy) is 1. The average Bonchev–Trinajstić information content (AvgIpc) is 2.55. The summed E-state index contributed by atoms with van der Waals surface area (Å²) in [6, 6.07) is 11.2. The molecule has 5 nitrogen and oxygen atoms in total. The highest BCUT2D eigenvalue weighted by atomic mass is 16.5. The minimum atomic E-state index is -0.163. The molecule has 0 saturated carbocycles. The highest BCUT2D eigenvalue weighted by molar-refractivity contribution is 5.93. The molecule has 0 aliphatic heterocycles. The van der Waals surface area contributed by atoms with Gasteiger partial charge in [-0.15, -0.1) is 0 Å². The lowest BCUT2D eigenvalue weighted by atomic mass is 10.2. The lowest BCUT2D eigenvalue weighted by Gasteiger charge is -2.12. The molecule has 1 amide bonds. The van der Waals surface area contributed by atoms with Crippen molar-refractivity contribution in [1.29, 1.82) is 0 Å². The molecule has 0 unspecified atom stereocenters. The fourth-order valence-corrected chi connectivity index (χ4v) is 1.97. The molecule has 0 spiro atoms. The summed E-state index contributed by atoms with van der Waals surface area (Å²) >= 11 is 0. The fraction of sp³-hybridized carbons (Fsp3) is 0.294. The van der Waals surface area contributed by atoms with Gasteiger partial charge in [0.25, 0.3) is 5.91 Å². The first-order chi connectivity index (χ1) is 10.7. The molecule has 5 heteroatoms. The molecule has 0 saturated heterocycles. The van der Waals surface area contributed by atoms with E-state index in [2.05, 4.69) is 15.6 Å². The van der Waals surface area contributed by atoms with Crippen LogP contribution in [0.15, 0.2) is 42.6 Å². The molecule has 116 valence electrons. The van der Waals surface area contributed by atoms with Crippen molar-refractivity contribution in [3.05, 3.63) is 48.3 Å². The Labute approximate surface area is 130 Å². The molecule has 2 N–H and O–H groups in total. The smallest absolute Gasteiger partial charge is 0.269 e. The Balaban J connectivity index is 2.15. The monoisotopic (exact) mass is 299 g/mol. The van der Waals surface area contributed by atoms with Gasteiger partial charge in [-0.3, -0.25) is 9.78 Å². The molecule has 2 rings (SSSR count). The quantitative estimate of drug-likeness (QED) is 0.823. The first-order valence-electron chi connectivity index (χ1n) is 7.47. The first kappa shape index (κ1) is 15.8. The van der Waals surface area contributed by atoms with Crippen LogP contribution in [0.2, 0.25) is 0 Å². The summed E-state index contributed by atoms with van der Waals surface area (Å²) in [6.45, 7) is 5.20. The summed E-state index contributed by atoms with van der Waals surface area (Å²) < 4.78 is 5.58. The Kier molecular flexibility index (Phi) is 5.77. The van der Waals surface area contributed by atoms with E-state index in [1.54, 1.807) is 12.3 Å². The van der Waals surface area contributed by atoms with Gasteiger partial charge in [-0.25, -0.2) is 0 Å². The van der Waals surface area contributed by atoms with Crippen LogP contribution >= 0.6 is 0 Å². The van der Waals surface area contributed by atoms with E-state index < -0.39 is 0 Å². The van der Waals surface area contributed by atoms with E-state index in [9.17, 15) is 4.79 Å². The summed E-state index contributed by atoms with van der Waals surface area (Å²) in [6.07, 6.45) is 2.51. The number of nitrogens with zero attached hydrogens (tertiary/aromatic N) is 1. The maximum Gasteiger partial charge on any atom is 0.269 e. The van der Waals surface area contributed by atoms with Crippen molar-refractivity contribution in [2.24, 2.45) is 0 Å². The molecular formula is C17H21N3O2. The highest BCUT2D eigenvalue weighted by Crippen LogP contribution is 2.27. The second-order valence-electron chi connectivity index (χ2n) is 4.74. The predicted molar refractivity (Wildman–Crippen MR) is 87.8 cm³/mol. The predicted octanol–water partition coefficient (Wildman–Crippen LogP) is 3.36. The average molecular weight is 299 g/mol. The summed E-state index contributed by atoms with van der Waals surface area (Å²) in [5, 5.41) is 6.08. The van der Waals surface area contributed by atoms with Gasteiger partial charge in [-0.1, -0.05) is 19.1 Å². The number of anilines is 2. The van der Waals surface area contributed by atoms with Crippen LogP contribution in [-0.4, -0.2) is 24.0 Å². The van der Waals surface area contributed by atoms with E-state index in [0.29, 0.717) is 18.8 Å². The molecule has 1 aromatic carbocycles. The zero-order valence-corrected chi connectivity index (χ0v) is 12.9. The van der Waals surface area contributed by atoms with Crippen LogP contribution in [0.1, 0.15) is 30.8 Å². The van der Waals surface area contributed by atoms with Gasteiger partial charge in [0.15, 0.2) is 0 Å².